The van der Waals surface area contributed by atoms with Gasteiger partial charge in [0, 0.05) is 12.8 Å². The molecule has 1 fully saturated rings. The lowest BCUT2D eigenvalue weighted by Gasteiger charge is -2.38. The fourth-order valence-corrected chi connectivity index (χ4v) is 8.20. The van der Waals surface area contributed by atoms with Gasteiger partial charge in [-0.05, 0) is 70.6 Å². The molecule has 0 aromatic rings. The van der Waals surface area contributed by atoms with Crippen molar-refractivity contribution in [3.05, 3.63) is 36.5 Å². The summed E-state index contributed by atoms with van der Waals surface area (Å²) in [5.74, 6) is -2.44. The number of aliphatic hydroxyl groups is 3. The van der Waals surface area contributed by atoms with E-state index in [1.807, 2.05) is 0 Å². The molecule has 6 unspecified atom stereocenters. The van der Waals surface area contributed by atoms with Crippen LogP contribution in [-0.2, 0) is 33.3 Å². The Morgan fingerprint density at radius 3 is 1.30 bits per heavy atom. The SMILES string of the molecule is CCCCC/C=C\C/C=C\CCCCCCCCCCCC(=O)OCC(COC1OC(C(=O)O)C(O)C(O)C1O)OC(=O)CCCCCCCCCCC/C=C\CCCCCCCCCC. The summed E-state index contributed by atoms with van der Waals surface area (Å²) in [7, 11) is 0. The van der Waals surface area contributed by atoms with Gasteiger partial charge in [0.25, 0.3) is 0 Å². The average molecular weight is 935 g/mol. The highest BCUT2D eigenvalue weighted by Crippen LogP contribution is 2.23. The number of rotatable bonds is 46. The van der Waals surface area contributed by atoms with E-state index >= 15 is 0 Å². The van der Waals surface area contributed by atoms with Gasteiger partial charge in [0.1, 0.15) is 24.9 Å². The highest BCUT2D eigenvalue weighted by atomic mass is 16.7. The number of hydrogen-bond acceptors (Lipinski definition) is 10. The van der Waals surface area contributed by atoms with Crippen LogP contribution in [0, 0.1) is 0 Å². The molecule has 4 N–H and O–H groups in total. The number of aliphatic carboxylic acids is 1. The van der Waals surface area contributed by atoms with Crippen LogP contribution in [0.2, 0.25) is 0 Å². The molecule has 0 saturated carbocycles. The zero-order valence-corrected chi connectivity index (χ0v) is 41.9. The van der Waals surface area contributed by atoms with Gasteiger partial charge in [-0.15, -0.1) is 0 Å². The molecule has 0 aromatic heterocycles. The van der Waals surface area contributed by atoms with Crippen molar-refractivity contribution in [1.82, 2.24) is 0 Å². The summed E-state index contributed by atoms with van der Waals surface area (Å²) in [6, 6.07) is 0. The lowest BCUT2D eigenvalue weighted by atomic mass is 9.99. The van der Waals surface area contributed by atoms with Crippen LogP contribution in [0.5, 0.6) is 0 Å². The number of esters is 2. The van der Waals surface area contributed by atoms with Crippen molar-refractivity contribution in [2.45, 2.75) is 282 Å². The normalized spacial score (nSPS) is 19.3. The molecule has 1 saturated heterocycles. The molecule has 11 nitrogen and oxygen atoms in total. The summed E-state index contributed by atoms with van der Waals surface area (Å²) in [6.45, 7) is 3.82. The van der Waals surface area contributed by atoms with Crippen LogP contribution in [0.4, 0.5) is 0 Å². The molecule has 0 aromatic carbocycles. The molecule has 1 heterocycles. The van der Waals surface area contributed by atoms with Gasteiger partial charge in [0.05, 0.1) is 6.61 Å². The summed E-state index contributed by atoms with van der Waals surface area (Å²) in [6.07, 6.45) is 44.7. The summed E-state index contributed by atoms with van der Waals surface area (Å²) >= 11 is 0. The lowest BCUT2D eigenvalue weighted by Crippen LogP contribution is -2.60. The van der Waals surface area contributed by atoms with Gasteiger partial charge in [0.15, 0.2) is 18.5 Å². The first-order chi connectivity index (χ1) is 32.2. The summed E-state index contributed by atoms with van der Waals surface area (Å²) < 4.78 is 21.9. The van der Waals surface area contributed by atoms with Crippen molar-refractivity contribution in [2.75, 3.05) is 13.2 Å². The Balaban J connectivity index is 2.28. The van der Waals surface area contributed by atoms with E-state index in [0.29, 0.717) is 12.8 Å². The minimum absolute atomic E-state index is 0.181. The lowest BCUT2D eigenvalue weighted by molar-refractivity contribution is -0.298. The molecule has 0 bridgehead atoms. The minimum Gasteiger partial charge on any atom is -0.479 e. The fourth-order valence-electron chi connectivity index (χ4n) is 8.20. The number of hydrogen-bond donors (Lipinski definition) is 4. The quantitative estimate of drug-likeness (QED) is 0.0260. The summed E-state index contributed by atoms with van der Waals surface area (Å²) in [4.78, 5) is 37.0. The molecule has 0 radical (unpaired) electrons. The van der Waals surface area contributed by atoms with Crippen LogP contribution in [0.1, 0.15) is 245 Å². The van der Waals surface area contributed by atoms with Crippen molar-refractivity contribution in [1.29, 1.82) is 0 Å². The van der Waals surface area contributed by atoms with E-state index in [0.717, 1.165) is 51.4 Å². The number of carboxylic acids is 1. The maximum Gasteiger partial charge on any atom is 0.335 e. The number of allylic oxidation sites excluding steroid dienone is 6. The van der Waals surface area contributed by atoms with Gasteiger partial charge < -0.3 is 39.4 Å². The number of carbonyl (C=O) groups excluding carboxylic acids is 2. The second-order valence-corrected chi connectivity index (χ2v) is 18.7. The molecule has 1 rings (SSSR count). The minimum atomic E-state index is -1.86. The number of carbonyl (C=O) groups is 3. The maximum absolute atomic E-state index is 12.9. The molecule has 0 aliphatic carbocycles. The Labute approximate surface area is 401 Å². The van der Waals surface area contributed by atoms with Crippen LogP contribution in [0.15, 0.2) is 36.5 Å². The Morgan fingerprint density at radius 1 is 0.470 bits per heavy atom. The Morgan fingerprint density at radius 2 is 0.848 bits per heavy atom. The molecule has 0 amide bonds. The van der Waals surface area contributed by atoms with Crippen LogP contribution < -0.4 is 0 Å². The van der Waals surface area contributed by atoms with E-state index < -0.39 is 54.7 Å². The van der Waals surface area contributed by atoms with Crippen molar-refractivity contribution in [3.8, 4) is 0 Å². The van der Waals surface area contributed by atoms with Crippen LogP contribution in [0.25, 0.3) is 0 Å². The predicted octanol–water partition coefficient (Wildman–Crippen LogP) is 13.1. The van der Waals surface area contributed by atoms with E-state index in [4.69, 9.17) is 18.9 Å². The summed E-state index contributed by atoms with van der Waals surface area (Å²) in [5.41, 5.74) is 0. The maximum atomic E-state index is 12.9. The third-order valence-corrected chi connectivity index (χ3v) is 12.5. The number of carboxylic acid groups (broad SMARTS) is 1. The van der Waals surface area contributed by atoms with E-state index in [-0.39, 0.29) is 26.1 Å². The van der Waals surface area contributed by atoms with Gasteiger partial charge >= 0.3 is 17.9 Å². The first-order valence-corrected chi connectivity index (χ1v) is 27.0. The summed E-state index contributed by atoms with van der Waals surface area (Å²) in [5, 5.41) is 40.0. The Kier molecular flexibility index (Phi) is 41.8. The van der Waals surface area contributed by atoms with Crippen molar-refractivity contribution < 1.29 is 53.8 Å². The smallest absolute Gasteiger partial charge is 0.335 e. The molecular formula is C55H98O11. The average Bonchev–Trinajstić information content (AvgIpc) is 3.30. The van der Waals surface area contributed by atoms with Gasteiger partial charge in [-0.25, -0.2) is 4.79 Å². The Bertz CT molecular complexity index is 1240. The van der Waals surface area contributed by atoms with Gasteiger partial charge in [-0.1, -0.05) is 198 Å². The Hall–Kier alpha value is -2.57. The third kappa shape index (κ3) is 35.6. The van der Waals surface area contributed by atoms with Crippen LogP contribution in [-0.4, -0.2) is 88.4 Å². The molecule has 6 atom stereocenters. The van der Waals surface area contributed by atoms with Gasteiger partial charge in [0.2, 0.25) is 0 Å². The number of unbranched alkanes of at least 4 members (excludes halogenated alkanes) is 29. The van der Waals surface area contributed by atoms with Crippen molar-refractivity contribution >= 4 is 17.9 Å². The fraction of sp³-hybridized carbons (Fsp3) is 0.836. The second-order valence-electron chi connectivity index (χ2n) is 18.7. The predicted molar refractivity (Wildman–Crippen MR) is 266 cm³/mol. The third-order valence-electron chi connectivity index (χ3n) is 12.5. The first-order valence-electron chi connectivity index (χ1n) is 27.0. The molecular weight excluding hydrogens is 837 g/mol. The first kappa shape index (κ1) is 61.4. The molecule has 384 valence electrons. The molecule has 66 heavy (non-hydrogen) atoms. The second kappa shape index (κ2) is 44.9. The van der Waals surface area contributed by atoms with E-state index in [2.05, 4.69) is 50.3 Å². The monoisotopic (exact) mass is 935 g/mol. The van der Waals surface area contributed by atoms with Crippen molar-refractivity contribution in [2.24, 2.45) is 0 Å². The zero-order valence-electron chi connectivity index (χ0n) is 41.9. The molecule has 11 heteroatoms. The van der Waals surface area contributed by atoms with Gasteiger partial charge in [-0.3, -0.25) is 9.59 Å². The van der Waals surface area contributed by atoms with Crippen LogP contribution >= 0.6 is 0 Å². The molecule has 0 spiro atoms. The topological polar surface area (TPSA) is 169 Å². The van der Waals surface area contributed by atoms with Crippen LogP contribution in [0.3, 0.4) is 0 Å². The van der Waals surface area contributed by atoms with Gasteiger partial charge in [-0.2, -0.15) is 0 Å². The highest BCUT2D eigenvalue weighted by molar-refractivity contribution is 5.73. The molecule has 1 aliphatic rings. The number of aliphatic hydroxyl groups excluding tert-OH is 3. The largest absolute Gasteiger partial charge is 0.479 e. The molecule has 1 aliphatic heterocycles. The highest BCUT2D eigenvalue weighted by Gasteiger charge is 2.47. The van der Waals surface area contributed by atoms with E-state index in [9.17, 15) is 34.8 Å². The van der Waals surface area contributed by atoms with Crippen molar-refractivity contribution in [3.63, 3.8) is 0 Å². The number of ether oxygens (including phenoxy) is 4. The van der Waals surface area contributed by atoms with E-state index in [1.54, 1.807) is 0 Å². The zero-order chi connectivity index (χ0) is 48.1. The van der Waals surface area contributed by atoms with E-state index in [1.165, 1.54) is 154 Å². The standard InChI is InChI=1S/C55H98O11/c1-3-5-7-9-11-13-15-17-19-21-23-24-26-28-30-32-34-36-38-40-42-44-49(57)65-47(46-64-55-52(60)50(58)51(59)53(66-55)54(61)62)45-63-48(56)43-41-39-37-35-33-31-29-27-25-22-20-18-16-14-12-10-8-6-4-2/h12,14,18,20-21,23,47,50-53,55,58-60H,3-11,13,15-17,19,22,24-46H2,1-2H3,(H,61,62)/b14-12-,20-18-,23-21-.